The molecule has 2 aliphatic heterocycles. The minimum Gasteiger partial charge on any atom is -0.354 e. The third-order valence-corrected chi connectivity index (χ3v) is 6.99. The van der Waals surface area contributed by atoms with Gasteiger partial charge in [0, 0.05) is 69.7 Å². The van der Waals surface area contributed by atoms with Crippen molar-refractivity contribution in [2.75, 3.05) is 56.5 Å². The topological polar surface area (TPSA) is 106 Å². The quantitative estimate of drug-likeness (QED) is 0.487. The van der Waals surface area contributed by atoms with Gasteiger partial charge in [0.2, 0.25) is 5.95 Å². The maximum absolute atomic E-state index is 14.1. The molecule has 5 heterocycles. The number of aromatic amines is 1. The van der Waals surface area contributed by atoms with E-state index in [-0.39, 0.29) is 5.92 Å². The molecule has 12 heteroatoms. The molecule has 0 aromatic carbocycles. The molecular weight excluding hydrogens is 480 g/mol. The molecule has 0 saturated carbocycles. The molecule has 196 valence electrons. The predicted molar refractivity (Wildman–Crippen MR) is 135 cm³/mol. The molecule has 37 heavy (non-hydrogen) atoms. The molecule has 10 nitrogen and oxygen atoms in total. The van der Waals surface area contributed by atoms with Crippen molar-refractivity contribution in [2.45, 2.75) is 26.2 Å². The number of nitrogens with one attached hydrogen (secondary N) is 2. The summed E-state index contributed by atoms with van der Waals surface area (Å²) in [6.45, 7) is 6.45. The molecule has 0 radical (unpaired) electrons. The standard InChI is InChI=1S/C25H31F2N9O/c1-16-13-21(33-32-16)30-20-15-22(35-11-9-34(2)10-12-35)31-19(29-20)14-17-4-7-36(8-5-17)25(37)23-18(26)3-6-28-24(23)27/h3,6,13,15,17H,4-5,7-12,14H2,1-2H3,(H2,29,30,31,32,33). The summed E-state index contributed by atoms with van der Waals surface area (Å²) in [4.78, 5) is 31.9. The van der Waals surface area contributed by atoms with E-state index in [1.807, 2.05) is 19.1 Å². The third kappa shape index (κ3) is 5.85. The smallest absolute Gasteiger partial charge is 0.261 e. The molecule has 0 spiro atoms. The van der Waals surface area contributed by atoms with Gasteiger partial charge in [-0.3, -0.25) is 9.89 Å². The number of H-pyrrole nitrogens is 1. The Kier molecular flexibility index (Phi) is 7.26. The molecule has 1 amide bonds. The van der Waals surface area contributed by atoms with Crippen molar-refractivity contribution in [1.29, 1.82) is 0 Å². The van der Waals surface area contributed by atoms with Crippen LogP contribution in [-0.4, -0.2) is 87.2 Å². The molecule has 2 N–H and O–H groups in total. The van der Waals surface area contributed by atoms with E-state index in [4.69, 9.17) is 9.97 Å². The van der Waals surface area contributed by atoms with Crippen LogP contribution in [0, 0.1) is 24.6 Å². The number of halogens is 2. The Balaban J connectivity index is 1.28. The highest BCUT2D eigenvalue weighted by Crippen LogP contribution is 2.26. The molecule has 2 saturated heterocycles. The van der Waals surface area contributed by atoms with Gasteiger partial charge in [0.05, 0.1) is 0 Å². The number of nitrogens with zero attached hydrogens (tertiary/aromatic N) is 7. The number of amides is 1. The number of piperidine rings is 1. The lowest BCUT2D eigenvalue weighted by molar-refractivity contribution is 0.0679. The Bertz CT molecular complexity index is 1230. The average molecular weight is 512 g/mol. The highest BCUT2D eigenvalue weighted by Gasteiger charge is 2.29. The fourth-order valence-electron chi connectivity index (χ4n) is 4.81. The molecular formula is C25H31F2N9O. The van der Waals surface area contributed by atoms with Gasteiger partial charge in [-0.05, 0) is 38.8 Å². The van der Waals surface area contributed by atoms with Crippen molar-refractivity contribution in [3.63, 3.8) is 0 Å². The summed E-state index contributed by atoms with van der Waals surface area (Å²) >= 11 is 0. The summed E-state index contributed by atoms with van der Waals surface area (Å²) in [5.41, 5.74) is 0.358. The Morgan fingerprint density at radius 3 is 2.51 bits per heavy atom. The van der Waals surface area contributed by atoms with Crippen molar-refractivity contribution in [2.24, 2.45) is 5.92 Å². The number of piperazine rings is 1. The summed E-state index contributed by atoms with van der Waals surface area (Å²) in [6, 6.07) is 4.87. The molecule has 3 aromatic heterocycles. The molecule has 2 fully saturated rings. The first-order valence-electron chi connectivity index (χ1n) is 12.6. The second kappa shape index (κ2) is 10.8. The van der Waals surface area contributed by atoms with Gasteiger partial charge < -0.3 is 20.0 Å². The first kappa shape index (κ1) is 25.0. The number of aromatic nitrogens is 5. The number of likely N-dealkylation sites (tertiary alicyclic amines) is 1. The average Bonchev–Trinajstić information content (AvgIpc) is 3.29. The fourth-order valence-corrected chi connectivity index (χ4v) is 4.81. The number of hydrogen-bond donors (Lipinski definition) is 2. The van der Waals surface area contributed by atoms with Gasteiger partial charge in [0.1, 0.15) is 28.8 Å². The van der Waals surface area contributed by atoms with E-state index < -0.39 is 23.2 Å². The van der Waals surface area contributed by atoms with Crippen LogP contribution in [-0.2, 0) is 6.42 Å². The van der Waals surface area contributed by atoms with Gasteiger partial charge >= 0.3 is 0 Å². The number of pyridine rings is 1. The SMILES string of the molecule is Cc1cc(Nc2cc(N3CCN(C)CC3)nc(CC3CCN(C(=O)c4c(F)ccnc4F)CC3)n2)n[nH]1. The van der Waals surface area contributed by atoms with Crippen molar-refractivity contribution in [3.8, 4) is 0 Å². The zero-order valence-corrected chi connectivity index (χ0v) is 21.0. The largest absolute Gasteiger partial charge is 0.354 e. The molecule has 3 aromatic rings. The highest BCUT2D eigenvalue weighted by atomic mass is 19.1. The molecule has 0 aliphatic carbocycles. The number of carbonyl (C=O) groups is 1. The maximum Gasteiger partial charge on any atom is 0.261 e. The van der Waals surface area contributed by atoms with Crippen LogP contribution in [0.2, 0.25) is 0 Å². The summed E-state index contributed by atoms with van der Waals surface area (Å²) in [7, 11) is 2.11. The van der Waals surface area contributed by atoms with Crippen LogP contribution in [0.25, 0.3) is 0 Å². The van der Waals surface area contributed by atoms with Gasteiger partial charge in [-0.2, -0.15) is 9.49 Å². The van der Waals surface area contributed by atoms with Crippen molar-refractivity contribution in [1.82, 2.24) is 34.9 Å². The zero-order valence-electron chi connectivity index (χ0n) is 21.0. The first-order valence-corrected chi connectivity index (χ1v) is 12.6. The van der Waals surface area contributed by atoms with Crippen molar-refractivity contribution < 1.29 is 13.6 Å². The minimum atomic E-state index is -1.08. The normalized spacial score (nSPS) is 17.3. The Morgan fingerprint density at radius 2 is 1.84 bits per heavy atom. The lowest BCUT2D eigenvalue weighted by Crippen LogP contribution is -2.45. The van der Waals surface area contributed by atoms with Crippen molar-refractivity contribution >= 4 is 23.4 Å². The predicted octanol–water partition coefficient (Wildman–Crippen LogP) is 2.77. The Morgan fingerprint density at radius 1 is 1.08 bits per heavy atom. The number of hydrogen-bond acceptors (Lipinski definition) is 8. The number of carbonyl (C=O) groups excluding carboxylic acids is 1. The van der Waals surface area contributed by atoms with Crippen LogP contribution >= 0.6 is 0 Å². The summed E-state index contributed by atoms with van der Waals surface area (Å²) < 4.78 is 28.1. The number of rotatable bonds is 6. The van der Waals surface area contributed by atoms with Crippen LogP contribution in [0.1, 0.15) is 34.7 Å². The zero-order chi connectivity index (χ0) is 25.9. The maximum atomic E-state index is 14.1. The Labute approximate surface area is 214 Å². The van der Waals surface area contributed by atoms with E-state index in [0.717, 1.165) is 55.8 Å². The van der Waals surface area contributed by atoms with E-state index in [2.05, 4.69) is 37.3 Å². The van der Waals surface area contributed by atoms with Crippen LogP contribution in [0.5, 0.6) is 0 Å². The first-order chi connectivity index (χ1) is 17.9. The number of likely N-dealkylation sites (N-methyl/N-ethyl adjacent to an activating group) is 1. The second-order valence-electron chi connectivity index (χ2n) is 9.78. The minimum absolute atomic E-state index is 0.246. The Hall–Kier alpha value is -3.67. The number of aryl methyl sites for hydroxylation is 1. The highest BCUT2D eigenvalue weighted by molar-refractivity contribution is 5.94. The monoisotopic (exact) mass is 511 g/mol. The molecule has 5 rings (SSSR count). The lowest BCUT2D eigenvalue weighted by atomic mass is 9.93. The fraction of sp³-hybridized carbons (Fsp3) is 0.480. The molecule has 2 aliphatic rings. The summed E-state index contributed by atoms with van der Waals surface area (Å²) in [5, 5.41) is 10.5. The van der Waals surface area contributed by atoms with Gasteiger partial charge in [-0.1, -0.05) is 0 Å². The summed E-state index contributed by atoms with van der Waals surface area (Å²) in [5.74, 6) is 0.595. The van der Waals surface area contributed by atoms with E-state index in [0.29, 0.717) is 44.0 Å². The van der Waals surface area contributed by atoms with Crippen LogP contribution in [0.15, 0.2) is 24.4 Å². The number of anilines is 3. The van der Waals surface area contributed by atoms with E-state index in [1.165, 1.54) is 4.90 Å². The van der Waals surface area contributed by atoms with E-state index >= 15 is 0 Å². The van der Waals surface area contributed by atoms with Gasteiger partial charge in [0.25, 0.3) is 5.91 Å². The van der Waals surface area contributed by atoms with Gasteiger partial charge in [0.15, 0.2) is 5.82 Å². The lowest BCUT2D eigenvalue weighted by Gasteiger charge is -2.34. The molecule has 0 bridgehead atoms. The van der Waals surface area contributed by atoms with E-state index in [1.54, 1.807) is 0 Å². The van der Waals surface area contributed by atoms with E-state index in [9.17, 15) is 13.6 Å². The van der Waals surface area contributed by atoms with Crippen LogP contribution in [0.3, 0.4) is 0 Å². The summed E-state index contributed by atoms with van der Waals surface area (Å²) in [6.07, 6.45) is 3.05. The van der Waals surface area contributed by atoms with Gasteiger partial charge in [-0.15, -0.1) is 0 Å². The van der Waals surface area contributed by atoms with Crippen LogP contribution < -0.4 is 10.2 Å². The van der Waals surface area contributed by atoms with Crippen molar-refractivity contribution in [3.05, 3.63) is 53.2 Å². The molecule has 0 atom stereocenters. The third-order valence-electron chi connectivity index (χ3n) is 6.99. The second-order valence-corrected chi connectivity index (χ2v) is 9.78. The van der Waals surface area contributed by atoms with Gasteiger partial charge in [-0.25, -0.2) is 19.3 Å². The van der Waals surface area contributed by atoms with Crippen LogP contribution in [0.4, 0.5) is 26.2 Å². The molecule has 0 unspecified atom stereocenters.